The number of rotatable bonds is 10. The molecule has 0 aromatic heterocycles. The lowest BCUT2D eigenvalue weighted by atomic mass is 10.00. The molecule has 0 heterocycles. The van der Waals surface area contributed by atoms with Crippen LogP contribution in [-0.4, -0.2) is 42.8 Å². The van der Waals surface area contributed by atoms with Gasteiger partial charge in [-0.3, -0.25) is 4.79 Å². The summed E-state index contributed by atoms with van der Waals surface area (Å²) in [6.07, 6.45) is -5.18. The number of carbonyl (C=O) groups excluding carboxylic acids is 2. The lowest BCUT2D eigenvalue weighted by molar-refractivity contribution is -0.137. The lowest BCUT2D eigenvalue weighted by Crippen LogP contribution is -2.48. The van der Waals surface area contributed by atoms with Gasteiger partial charge in [0.1, 0.15) is 0 Å². The summed E-state index contributed by atoms with van der Waals surface area (Å²) in [6, 6.07) is 19.5. The summed E-state index contributed by atoms with van der Waals surface area (Å²) in [7, 11) is 1.24. The van der Waals surface area contributed by atoms with E-state index < -0.39 is 35.8 Å². The molecule has 0 unspecified atom stereocenters. The summed E-state index contributed by atoms with van der Waals surface area (Å²) in [6.45, 7) is 0.129. The molecule has 36 heavy (non-hydrogen) atoms. The molecule has 2 atom stereocenters. The van der Waals surface area contributed by atoms with Crippen molar-refractivity contribution >= 4 is 11.9 Å². The molecule has 3 rings (SSSR count). The molecule has 6 nitrogen and oxygen atoms in total. The second-order valence-corrected chi connectivity index (χ2v) is 8.24. The molecule has 0 aliphatic rings. The van der Waals surface area contributed by atoms with Crippen LogP contribution >= 0.6 is 0 Å². The monoisotopic (exact) mass is 500 g/mol. The Kier molecular flexibility index (Phi) is 9.21. The van der Waals surface area contributed by atoms with Gasteiger partial charge in [-0.2, -0.15) is 13.2 Å². The zero-order chi connectivity index (χ0) is 26.1. The summed E-state index contributed by atoms with van der Waals surface area (Å²) in [5, 5.41) is 16.7. The molecule has 0 bridgehead atoms. The number of alkyl halides is 3. The van der Waals surface area contributed by atoms with Crippen molar-refractivity contribution in [1.82, 2.24) is 10.6 Å². The Bertz CT molecular complexity index is 1170. The second-order valence-electron chi connectivity index (χ2n) is 8.24. The maximum atomic E-state index is 13.0. The maximum absolute atomic E-state index is 13.0. The number of benzene rings is 3. The zero-order valence-electron chi connectivity index (χ0n) is 19.6. The van der Waals surface area contributed by atoms with Gasteiger partial charge >= 0.3 is 12.1 Å². The number of hydrogen-bond donors (Lipinski definition) is 3. The molecule has 0 radical (unpaired) electrons. The first-order valence-electron chi connectivity index (χ1n) is 11.3. The predicted molar refractivity (Wildman–Crippen MR) is 128 cm³/mol. The van der Waals surface area contributed by atoms with Crippen LogP contribution in [0.1, 0.15) is 37.4 Å². The number of nitrogens with one attached hydrogen (secondary N) is 2. The van der Waals surface area contributed by atoms with Crippen LogP contribution in [0.25, 0.3) is 0 Å². The van der Waals surface area contributed by atoms with Crippen LogP contribution in [0.5, 0.6) is 0 Å². The Labute approximate surface area is 207 Å². The molecule has 0 spiro atoms. The summed E-state index contributed by atoms with van der Waals surface area (Å²) in [4.78, 5) is 24.7. The van der Waals surface area contributed by atoms with Gasteiger partial charge in [0.05, 0.1) is 30.4 Å². The highest BCUT2D eigenvalue weighted by Gasteiger charge is 2.30. The molecule has 9 heteroatoms. The Morgan fingerprint density at radius 2 is 1.58 bits per heavy atom. The first-order chi connectivity index (χ1) is 17.2. The third-order valence-corrected chi connectivity index (χ3v) is 5.56. The average Bonchev–Trinajstić information content (AvgIpc) is 2.88. The number of aliphatic hydroxyl groups is 1. The molecule has 3 aromatic carbocycles. The summed E-state index contributed by atoms with van der Waals surface area (Å²) >= 11 is 0. The Morgan fingerprint density at radius 3 is 2.28 bits per heavy atom. The van der Waals surface area contributed by atoms with Crippen molar-refractivity contribution in [3.63, 3.8) is 0 Å². The van der Waals surface area contributed by atoms with Crippen molar-refractivity contribution in [3.8, 4) is 0 Å². The van der Waals surface area contributed by atoms with E-state index in [1.807, 2.05) is 30.3 Å². The molecular formula is C27H27F3N2O4. The molecule has 0 aliphatic heterocycles. The number of carbonyl (C=O) groups is 2. The van der Waals surface area contributed by atoms with Crippen LogP contribution in [-0.2, 0) is 23.9 Å². The number of methoxy groups -OCH3 is 1. The first kappa shape index (κ1) is 26.9. The van der Waals surface area contributed by atoms with Gasteiger partial charge in [0.2, 0.25) is 0 Å². The first-order valence-corrected chi connectivity index (χ1v) is 11.3. The van der Waals surface area contributed by atoms with E-state index in [0.717, 1.165) is 17.7 Å². The molecular weight excluding hydrogens is 473 g/mol. The third kappa shape index (κ3) is 7.66. The van der Waals surface area contributed by atoms with Crippen LogP contribution in [0.15, 0.2) is 78.9 Å². The van der Waals surface area contributed by atoms with Crippen molar-refractivity contribution in [1.29, 1.82) is 0 Å². The summed E-state index contributed by atoms with van der Waals surface area (Å²) in [5.41, 5.74) is 0.988. The van der Waals surface area contributed by atoms with E-state index in [2.05, 4.69) is 10.6 Å². The fourth-order valence-electron chi connectivity index (χ4n) is 3.67. The van der Waals surface area contributed by atoms with Gasteiger partial charge in [0.15, 0.2) is 0 Å². The standard InChI is InChI=1S/C27H27F3N2O4/c1-36-26(35)21-11-6-10-20(15-21)25(34)32-23(14-18-7-3-2-4-8-18)24(33)17-31-16-19-9-5-12-22(13-19)27(28,29)30/h2-13,15,23-24,31,33H,14,16-17H2,1H3,(H,32,34)/t23-,24-/m0/s1. The second kappa shape index (κ2) is 12.3. The van der Waals surface area contributed by atoms with Crippen molar-refractivity contribution in [2.75, 3.05) is 13.7 Å². The Morgan fingerprint density at radius 1 is 0.917 bits per heavy atom. The van der Waals surface area contributed by atoms with E-state index in [1.165, 1.54) is 25.3 Å². The number of amides is 1. The van der Waals surface area contributed by atoms with Gasteiger partial charge in [-0.1, -0.05) is 54.6 Å². The van der Waals surface area contributed by atoms with Crippen molar-refractivity contribution in [3.05, 3.63) is 107 Å². The molecule has 1 amide bonds. The largest absolute Gasteiger partial charge is 0.465 e. The highest BCUT2D eigenvalue weighted by molar-refractivity contribution is 5.98. The fourth-order valence-corrected chi connectivity index (χ4v) is 3.67. The van der Waals surface area contributed by atoms with E-state index in [9.17, 15) is 27.9 Å². The number of aliphatic hydroxyl groups excluding tert-OH is 1. The summed E-state index contributed by atoms with van der Waals surface area (Å²) in [5.74, 6) is -1.07. The number of halogens is 3. The number of hydrogen-bond acceptors (Lipinski definition) is 5. The summed E-state index contributed by atoms with van der Waals surface area (Å²) < 4.78 is 43.6. The molecule has 0 saturated carbocycles. The minimum absolute atomic E-state index is 0.0240. The normalized spacial score (nSPS) is 13.0. The SMILES string of the molecule is COC(=O)c1cccc(C(=O)N[C@@H](Cc2ccccc2)[C@@H](O)CNCc2cccc(C(F)(F)F)c2)c1. The molecule has 0 fully saturated rings. The molecule has 190 valence electrons. The highest BCUT2D eigenvalue weighted by Crippen LogP contribution is 2.29. The number of esters is 1. The van der Waals surface area contributed by atoms with Gasteiger partial charge in [-0.05, 0) is 41.8 Å². The van der Waals surface area contributed by atoms with Gasteiger partial charge in [-0.15, -0.1) is 0 Å². The van der Waals surface area contributed by atoms with Crippen LogP contribution in [0.4, 0.5) is 13.2 Å². The minimum atomic E-state index is -4.44. The topological polar surface area (TPSA) is 87.7 Å². The van der Waals surface area contributed by atoms with Gasteiger partial charge in [0.25, 0.3) is 5.91 Å². The van der Waals surface area contributed by atoms with Gasteiger partial charge in [-0.25, -0.2) is 4.79 Å². The van der Waals surface area contributed by atoms with E-state index in [4.69, 9.17) is 4.74 Å². The quantitative estimate of drug-likeness (QED) is 0.367. The molecule has 0 saturated heterocycles. The third-order valence-electron chi connectivity index (χ3n) is 5.56. The smallest absolute Gasteiger partial charge is 0.416 e. The van der Waals surface area contributed by atoms with E-state index in [0.29, 0.717) is 12.0 Å². The highest BCUT2D eigenvalue weighted by atomic mass is 19.4. The average molecular weight is 501 g/mol. The van der Waals surface area contributed by atoms with Gasteiger partial charge < -0.3 is 20.5 Å². The molecule has 0 aliphatic carbocycles. The van der Waals surface area contributed by atoms with Crippen molar-refractivity contribution < 1.29 is 32.6 Å². The molecule has 3 aromatic rings. The number of ether oxygens (including phenoxy) is 1. The Hall–Kier alpha value is -3.69. The van der Waals surface area contributed by atoms with E-state index in [-0.39, 0.29) is 24.2 Å². The Balaban J connectivity index is 1.69. The van der Waals surface area contributed by atoms with Crippen molar-refractivity contribution in [2.45, 2.75) is 31.3 Å². The van der Waals surface area contributed by atoms with Crippen LogP contribution in [0.2, 0.25) is 0 Å². The van der Waals surface area contributed by atoms with Crippen LogP contribution < -0.4 is 10.6 Å². The predicted octanol–water partition coefficient (Wildman–Crippen LogP) is 3.98. The lowest BCUT2D eigenvalue weighted by Gasteiger charge is -2.25. The molecule has 3 N–H and O–H groups in total. The van der Waals surface area contributed by atoms with Gasteiger partial charge in [0, 0.05) is 18.7 Å². The fraction of sp³-hybridized carbons (Fsp3) is 0.259. The van der Waals surface area contributed by atoms with Crippen molar-refractivity contribution in [2.24, 2.45) is 0 Å². The van der Waals surface area contributed by atoms with Crippen LogP contribution in [0.3, 0.4) is 0 Å². The van der Waals surface area contributed by atoms with Crippen LogP contribution in [0, 0.1) is 0 Å². The maximum Gasteiger partial charge on any atom is 0.416 e. The van der Waals surface area contributed by atoms with E-state index >= 15 is 0 Å². The zero-order valence-corrected chi connectivity index (χ0v) is 19.6. The van der Waals surface area contributed by atoms with E-state index in [1.54, 1.807) is 18.2 Å². The minimum Gasteiger partial charge on any atom is -0.465 e.